The molecular formula is C29H31ClN6O2. The van der Waals surface area contributed by atoms with Crippen molar-refractivity contribution in [2.75, 3.05) is 44.7 Å². The highest BCUT2D eigenvalue weighted by Crippen LogP contribution is 2.37. The molecule has 1 N–H and O–H groups in total. The van der Waals surface area contributed by atoms with Crippen LogP contribution in [0.1, 0.15) is 30.9 Å². The molecule has 1 amide bonds. The Morgan fingerprint density at radius 1 is 1.21 bits per heavy atom. The number of likely N-dealkylation sites (tertiary alicyclic amines) is 1. The summed E-state index contributed by atoms with van der Waals surface area (Å²) in [6.45, 7) is 5.34. The molecule has 1 aromatic carbocycles. The number of pyridine rings is 2. The number of rotatable bonds is 7. The molecule has 4 heterocycles. The van der Waals surface area contributed by atoms with Gasteiger partial charge in [0.25, 0.3) is 0 Å². The Kier molecular flexibility index (Phi) is 7.50. The summed E-state index contributed by atoms with van der Waals surface area (Å²) in [7, 11) is 2.02. The van der Waals surface area contributed by atoms with Crippen LogP contribution in [0.4, 0.5) is 5.69 Å². The summed E-state index contributed by atoms with van der Waals surface area (Å²) < 4.78 is 5.70. The van der Waals surface area contributed by atoms with Gasteiger partial charge in [0.05, 0.1) is 40.6 Å². The molecule has 2 fully saturated rings. The number of aromatic nitrogens is 2. The molecule has 2 aliphatic rings. The Hall–Kier alpha value is -3.67. The number of benzene rings is 1. The van der Waals surface area contributed by atoms with Gasteiger partial charge in [-0.25, -0.2) is 4.98 Å². The SMILES string of the molecule is CCOc1ncccc1-c1ccc(C2(NC(=O)C3CN(C)C3)CCN(c3ccc(Cl)cc3C#N)CC2)cn1. The van der Waals surface area contributed by atoms with Gasteiger partial charge in [-0.2, -0.15) is 5.26 Å². The van der Waals surface area contributed by atoms with Crippen LogP contribution in [0.15, 0.2) is 54.9 Å². The minimum Gasteiger partial charge on any atom is -0.477 e. The van der Waals surface area contributed by atoms with Crippen LogP contribution in [0, 0.1) is 17.2 Å². The van der Waals surface area contributed by atoms with Gasteiger partial charge < -0.3 is 19.9 Å². The minimum atomic E-state index is -0.551. The van der Waals surface area contributed by atoms with Crippen molar-refractivity contribution in [3.63, 3.8) is 0 Å². The lowest BCUT2D eigenvalue weighted by Crippen LogP contribution is -2.59. The first-order chi connectivity index (χ1) is 18.4. The second kappa shape index (κ2) is 11.0. The summed E-state index contributed by atoms with van der Waals surface area (Å²) in [4.78, 5) is 26.7. The number of amides is 1. The van der Waals surface area contributed by atoms with Gasteiger partial charge in [-0.15, -0.1) is 0 Å². The van der Waals surface area contributed by atoms with Gasteiger partial charge in [-0.05, 0) is 68.8 Å². The summed E-state index contributed by atoms with van der Waals surface area (Å²) in [6, 6.07) is 15.5. The molecule has 8 nitrogen and oxygen atoms in total. The normalized spacial score (nSPS) is 17.4. The maximum absolute atomic E-state index is 13.3. The molecule has 196 valence electrons. The molecule has 3 aromatic rings. The van der Waals surface area contributed by atoms with Crippen molar-refractivity contribution in [2.24, 2.45) is 5.92 Å². The highest BCUT2D eigenvalue weighted by Gasteiger charge is 2.41. The van der Waals surface area contributed by atoms with Crippen LogP contribution in [0.2, 0.25) is 5.02 Å². The lowest BCUT2D eigenvalue weighted by molar-refractivity contribution is -0.132. The van der Waals surface area contributed by atoms with E-state index in [1.165, 1.54) is 0 Å². The number of hydrogen-bond acceptors (Lipinski definition) is 7. The number of carbonyl (C=O) groups excluding carboxylic acids is 1. The number of ether oxygens (including phenoxy) is 1. The average Bonchev–Trinajstić information content (AvgIpc) is 2.92. The third-order valence-corrected chi connectivity index (χ3v) is 7.71. The van der Waals surface area contributed by atoms with Crippen molar-refractivity contribution < 1.29 is 9.53 Å². The first-order valence-electron chi connectivity index (χ1n) is 12.9. The Labute approximate surface area is 228 Å². The molecule has 9 heteroatoms. The first kappa shape index (κ1) is 26.0. The number of nitriles is 1. The largest absolute Gasteiger partial charge is 0.477 e. The van der Waals surface area contributed by atoms with Gasteiger partial charge in [0.1, 0.15) is 6.07 Å². The minimum absolute atomic E-state index is 0.00672. The molecule has 0 atom stereocenters. The van der Waals surface area contributed by atoms with Crippen molar-refractivity contribution in [3.8, 4) is 23.2 Å². The topological polar surface area (TPSA) is 94.4 Å². The van der Waals surface area contributed by atoms with Crippen molar-refractivity contribution in [2.45, 2.75) is 25.3 Å². The summed E-state index contributed by atoms with van der Waals surface area (Å²) in [6.07, 6.45) is 4.95. The van der Waals surface area contributed by atoms with Gasteiger partial charge in [0, 0.05) is 43.6 Å². The summed E-state index contributed by atoms with van der Waals surface area (Å²) in [5.74, 6) is 0.625. The van der Waals surface area contributed by atoms with Gasteiger partial charge in [-0.3, -0.25) is 9.78 Å². The molecule has 2 saturated heterocycles. The average molecular weight is 531 g/mol. The highest BCUT2D eigenvalue weighted by molar-refractivity contribution is 6.30. The molecule has 5 rings (SSSR count). The van der Waals surface area contributed by atoms with Gasteiger partial charge >= 0.3 is 0 Å². The van der Waals surface area contributed by atoms with E-state index in [1.54, 1.807) is 12.3 Å². The van der Waals surface area contributed by atoms with Crippen LogP contribution < -0.4 is 15.0 Å². The molecule has 2 aliphatic heterocycles. The standard InChI is InChI=1S/C29H31ClN6O2/c1-3-38-28-24(5-4-12-32-28)25-8-6-22(17-33-25)29(34-27(37)21-18-35(2)19-21)10-13-36(14-11-29)26-9-7-23(30)15-20(26)16-31/h4-9,12,15,17,21H,3,10-11,13-14,18-19H2,1-2H3,(H,34,37). The molecule has 38 heavy (non-hydrogen) atoms. The monoisotopic (exact) mass is 530 g/mol. The molecular weight excluding hydrogens is 500 g/mol. The summed E-state index contributed by atoms with van der Waals surface area (Å²) in [5, 5.41) is 13.6. The third kappa shape index (κ3) is 5.17. The van der Waals surface area contributed by atoms with Crippen LogP contribution in [0.25, 0.3) is 11.3 Å². The lowest BCUT2D eigenvalue weighted by atomic mass is 9.80. The molecule has 2 aromatic heterocycles. The van der Waals surface area contributed by atoms with E-state index in [4.69, 9.17) is 21.3 Å². The van der Waals surface area contributed by atoms with E-state index in [2.05, 4.69) is 32.2 Å². The number of anilines is 1. The lowest BCUT2D eigenvalue weighted by Gasteiger charge is -2.45. The zero-order valence-electron chi connectivity index (χ0n) is 21.7. The number of halogens is 1. The van der Waals surface area contributed by atoms with Crippen molar-refractivity contribution >= 4 is 23.2 Å². The zero-order valence-corrected chi connectivity index (χ0v) is 22.4. The molecule has 0 spiro atoms. The van der Waals surface area contributed by atoms with Crippen LogP contribution in [-0.4, -0.2) is 60.6 Å². The number of carbonyl (C=O) groups is 1. The smallest absolute Gasteiger partial charge is 0.226 e. The number of nitrogens with one attached hydrogen (secondary N) is 1. The van der Waals surface area contributed by atoms with Crippen molar-refractivity contribution in [1.82, 2.24) is 20.2 Å². The van der Waals surface area contributed by atoms with E-state index in [9.17, 15) is 10.1 Å². The van der Waals surface area contributed by atoms with Gasteiger partial charge in [0.2, 0.25) is 11.8 Å². The predicted molar refractivity (Wildman–Crippen MR) is 147 cm³/mol. The van der Waals surface area contributed by atoms with Crippen molar-refractivity contribution in [3.05, 3.63) is 71.0 Å². The Balaban J connectivity index is 1.42. The van der Waals surface area contributed by atoms with E-state index in [1.807, 2.05) is 50.5 Å². The second-order valence-electron chi connectivity index (χ2n) is 9.97. The van der Waals surface area contributed by atoms with E-state index >= 15 is 0 Å². The Morgan fingerprint density at radius 3 is 2.66 bits per heavy atom. The maximum Gasteiger partial charge on any atom is 0.226 e. The highest BCUT2D eigenvalue weighted by atomic mass is 35.5. The summed E-state index contributed by atoms with van der Waals surface area (Å²) in [5.41, 5.74) is 3.44. The maximum atomic E-state index is 13.3. The summed E-state index contributed by atoms with van der Waals surface area (Å²) >= 11 is 6.12. The number of hydrogen-bond donors (Lipinski definition) is 1. The molecule has 0 bridgehead atoms. The third-order valence-electron chi connectivity index (χ3n) is 7.48. The van der Waals surface area contributed by atoms with Crippen LogP contribution >= 0.6 is 11.6 Å². The number of nitrogens with zero attached hydrogens (tertiary/aromatic N) is 5. The van der Waals surface area contributed by atoms with Gasteiger partial charge in [0.15, 0.2) is 0 Å². The molecule has 0 unspecified atom stereocenters. The quantitative estimate of drug-likeness (QED) is 0.488. The fourth-order valence-electron chi connectivity index (χ4n) is 5.37. The fraction of sp³-hybridized carbons (Fsp3) is 0.379. The van der Waals surface area contributed by atoms with Gasteiger partial charge in [-0.1, -0.05) is 17.7 Å². The van der Waals surface area contributed by atoms with E-state index < -0.39 is 5.54 Å². The fourth-order valence-corrected chi connectivity index (χ4v) is 5.54. The Bertz CT molecular complexity index is 1340. The zero-order chi connectivity index (χ0) is 26.7. The van der Waals surface area contributed by atoms with Crippen LogP contribution in [-0.2, 0) is 10.3 Å². The van der Waals surface area contributed by atoms with E-state index in [0.29, 0.717) is 49.0 Å². The van der Waals surface area contributed by atoms with Crippen LogP contribution in [0.5, 0.6) is 5.88 Å². The predicted octanol–water partition coefficient (Wildman–Crippen LogP) is 4.24. The number of piperidine rings is 1. The van der Waals surface area contributed by atoms with E-state index in [-0.39, 0.29) is 11.8 Å². The molecule has 0 saturated carbocycles. The second-order valence-corrected chi connectivity index (χ2v) is 10.4. The van der Waals surface area contributed by atoms with Crippen molar-refractivity contribution in [1.29, 1.82) is 5.26 Å². The Morgan fingerprint density at radius 2 is 2.00 bits per heavy atom. The van der Waals surface area contributed by atoms with Crippen LogP contribution in [0.3, 0.4) is 0 Å². The molecule has 0 aliphatic carbocycles. The van der Waals surface area contributed by atoms with E-state index in [0.717, 1.165) is 35.6 Å². The molecule has 0 radical (unpaired) electrons. The first-order valence-corrected chi connectivity index (χ1v) is 13.3.